The highest BCUT2D eigenvalue weighted by Crippen LogP contribution is 2.45. The summed E-state index contributed by atoms with van der Waals surface area (Å²) in [6.07, 6.45) is 12.2. The van der Waals surface area contributed by atoms with E-state index in [-0.39, 0.29) is 79.4 Å². The van der Waals surface area contributed by atoms with E-state index in [0.717, 1.165) is 36.8 Å². The van der Waals surface area contributed by atoms with Gasteiger partial charge in [0.1, 0.15) is 24.3 Å². The lowest BCUT2D eigenvalue weighted by atomic mass is 9.84. The topological polar surface area (TPSA) is 160 Å². The summed E-state index contributed by atoms with van der Waals surface area (Å²) in [6, 6.07) is 15.6. The largest absolute Gasteiger partial charge is 0.448 e. The van der Waals surface area contributed by atoms with Crippen LogP contribution in [0.3, 0.4) is 0 Å². The molecule has 14 heteroatoms. The average molecular weight is 867 g/mol. The molecule has 0 saturated carbocycles. The first-order chi connectivity index (χ1) is 29.6. The van der Waals surface area contributed by atoms with Gasteiger partial charge in [0, 0.05) is 43.3 Å². The van der Waals surface area contributed by atoms with Crippen molar-refractivity contribution in [3.05, 3.63) is 84.0 Å². The molecular formula is C49H62N4O10. The Bertz CT molecular complexity index is 2090. The Kier molecular flexibility index (Phi) is 14.0. The van der Waals surface area contributed by atoms with Gasteiger partial charge in [0.15, 0.2) is 6.23 Å². The maximum atomic E-state index is 13.5. The van der Waals surface area contributed by atoms with Crippen LogP contribution in [-0.4, -0.2) is 118 Å². The molecule has 4 fully saturated rings. The van der Waals surface area contributed by atoms with Crippen LogP contribution in [0.5, 0.6) is 0 Å². The molecule has 9 rings (SSSR count). The van der Waals surface area contributed by atoms with Crippen molar-refractivity contribution in [3.8, 4) is 11.1 Å². The highest BCUT2D eigenvalue weighted by atomic mass is 16.6. The van der Waals surface area contributed by atoms with Crippen LogP contribution in [0.1, 0.15) is 105 Å². The third-order valence-corrected chi connectivity index (χ3v) is 13.3. The zero-order valence-electron chi connectivity index (χ0n) is 36.4. The van der Waals surface area contributed by atoms with E-state index in [2.05, 4.69) is 62.1 Å². The maximum Gasteiger partial charge on any atom is 0.410 e. The van der Waals surface area contributed by atoms with Crippen LogP contribution in [0, 0.1) is 17.3 Å². The normalized spacial score (nSPS) is 27.6. The van der Waals surface area contributed by atoms with Gasteiger partial charge in [-0.1, -0.05) is 101 Å². The summed E-state index contributed by atoms with van der Waals surface area (Å²) in [5, 5.41) is 0. The molecule has 2 aromatic rings. The van der Waals surface area contributed by atoms with Crippen LogP contribution in [0.2, 0.25) is 0 Å². The number of rotatable bonds is 4. The summed E-state index contributed by atoms with van der Waals surface area (Å²) in [4.78, 5) is 87.0. The molecule has 0 aromatic heterocycles. The Labute approximate surface area is 370 Å². The van der Waals surface area contributed by atoms with Crippen LogP contribution in [0.25, 0.3) is 11.1 Å². The lowest BCUT2D eigenvalue weighted by molar-refractivity contribution is -0.191. The average Bonchev–Trinajstić information content (AvgIpc) is 4.05. The van der Waals surface area contributed by atoms with Crippen LogP contribution in [0.15, 0.2) is 72.8 Å². The molecule has 14 nitrogen and oxygen atoms in total. The highest BCUT2D eigenvalue weighted by Gasteiger charge is 2.52. The van der Waals surface area contributed by atoms with E-state index < -0.39 is 30.0 Å². The SMILES string of the molecule is C.CC(C)(C)OC(=O)N1CC[C@@H]2C=CC3CC[C@@H](C(C)(C)C)N3C(=O)C21.O=C=O.O=CO[C@@H]1CCC2C=C[C@H]3CCN(C(=O)OCC4c5ccccc5-c5ccccc54)C3C(=O)N21. The molecule has 4 unspecified atom stereocenters. The van der Waals surface area contributed by atoms with Crippen molar-refractivity contribution in [2.75, 3.05) is 19.7 Å². The van der Waals surface area contributed by atoms with E-state index >= 15 is 0 Å². The molecule has 1 aliphatic carbocycles. The lowest BCUT2D eigenvalue weighted by Gasteiger charge is -2.39. The van der Waals surface area contributed by atoms with Crippen LogP contribution in [-0.2, 0) is 38.2 Å². The number of amides is 4. The van der Waals surface area contributed by atoms with Gasteiger partial charge in [-0.2, -0.15) is 9.59 Å². The van der Waals surface area contributed by atoms with E-state index in [9.17, 15) is 24.0 Å². The standard InChI is InChI=1S/C27H26N2O5.C20H32N2O3.CO2.CH4/c30-16-34-24-12-11-18-10-9-17-13-14-28(25(17)26(31)29(18)24)27(32)33-15-23-21-7-3-1-5-19(21)20-6-2-4-8-22(20)23;1-19(2,3)15-10-9-14-8-7-13-11-12-21(16(13)17(23)22(14)15)18(24)25-20(4,5)6;2-1-3;/h1-10,16-18,23-25H,11-15H2;7-8,13-16H,9-12H2,1-6H3;;1H4/t17-,18?,24+,25?;13-,14?,15-,16?;;/m00../s1. The van der Waals surface area contributed by atoms with Gasteiger partial charge in [-0.15, -0.1) is 0 Å². The summed E-state index contributed by atoms with van der Waals surface area (Å²) in [5.74, 6) is -0.0642. The van der Waals surface area contributed by atoms with Crippen molar-refractivity contribution >= 4 is 36.6 Å². The zero-order valence-corrected chi connectivity index (χ0v) is 36.4. The molecule has 0 N–H and O–H groups in total. The number of fused-ring (bicyclic) bond motifs is 7. The number of hydrogen-bond donors (Lipinski definition) is 0. The fraction of sp³-hybridized carbons (Fsp3) is 0.551. The van der Waals surface area contributed by atoms with Gasteiger partial charge in [0.05, 0.1) is 12.1 Å². The summed E-state index contributed by atoms with van der Waals surface area (Å²) in [5.41, 5.74) is 4.13. The number of nitrogens with zero attached hydrogens (tertiary/aromatic N) is 4. The number of ether oxygens (including phenoxy) is 3. The van der Waals surface area contributed by atoms with Gasteiger partial charge < -0.3 is 19.1 Å². The third-order valence-electron chi connectivity index (χ3n) is 13.3. The smallest absolute Gasteiger partial charge is 0.410 e. The van der Waals surface area contributed by atoms with Crippen LogP contribution < -0.4 is 0 Å². The molecule has 2 aromatic carbocycles. The summed E-state index contributed by atoms with van der Waals surface area (Å²) < 4.78 is 16.6. The minimum Gasteiger partial charge on any atom is -0.448 e. The minimum atomic E-state index is -0.632. The van der Waals surface area contributed by atoms with Gasteiger partial charge in [-0.25, -0.2) is 9.59 Å². The quantitative estimate of drug-likeness (QED) is 0.173. The molecule has 7 aliphatic rings. The zero-order chi connectivity index (χ0) is 44.5. The van der Waals surface area contributed by atoms with E-state index in [1.54, 1.807) is 14.7 Å². The van der Waals surface area contributed by atoms with E-state index in [0.29, 0.717) is 32.4 Å². The van der Waals surface area contributed by atoms with Crippen LogP contribution in [0.4, 0.5) is 9.59 Å². The molecule has 338 valence electrons. The molecule has 63 heavy (non-hydrogen) atoms. The van der Waals surface area contributed by atoms with Crippen molar-refractivity contribution in [1.29, 1.82) is 0 Å². The van der Waals surface area contributed by atoms with Crippen molar-refractivity contribution in [2.24, 2.45) is 17.3 Å². The Morgan fingerprint density at radius 1 is 0.698 bits per heavy atom. The molecular weight excluding hydrogens is 805 g/mol. The van der Waals surface area contributed by atoms with E-state index in [4.69, 9.17) is 23.8 Å². The fourth-order valence-electron chi connectivity index (χ4n) is 10.6. The monoisotopic (exact) mass is 866 g/mol. The molecule has 0 radical (unpaired) electrons. The first-order valence-electron chi connectivity index (χ1n) is 21.8. The van der Waals surface area contributed by atoms with Gasteiger partial charge in [-0.05, 0) is 80.5 Å². The molecule has 4 amide bonds. The third kappa shape index (κ3) is 9.32. The second kappa shape index (κ2) is 18.9. The highest BCUT2D eigenvalue weighted by molar-refractivity contribution is 5.89. The molecule has 4 saturated heterocycles. The Hall–Kier alpha value is -5.75. The van der Waals surface area contributed by atoms with E-state index in [1.165, 1.54) is 11.1 Å². The number of carbonyl (C=O) groups is 5. The molecule has 8 atom stereocenters. The second-order valence-corrected chi connectivity index (χ2v) is 19.2. The molecule has 0 spiro atoms. The Balaban J connectivity index is 0.000000203. The van der Waals surface area contributed by atoms with Crippen molar-refractivity contribution in [2.45, 2.75) is 135 Å². The fourth-order valence-corrected chi connectivity index (χ4v) is 10.6. The van der Waals surface area contributed by atoms with Crippen molar-refractivity contribution in [3.63, 3.8) is 0 Å². The van der Waals surface area contributed by atoms with Gasteiger partial charge >= 0.3 is 18.3 Å². The van der Waals surface area contributed by atoms with Crippen molar-refractivity contribution in [1.82, 2.24) is 19.6 Å². The first kappa shape index (κ1) is 46.7. The maximum absolute atomic E-state index is 13.5. The molecule has 6 aliphatic heterocycles. The number of carbonyl (C=O) groups excluding carboxylic acids is 7. The molecule has 6 heterocycles. The van der Waals surface area contributed by atoms with Gasteiger partial charge in [0.2, 0.25) is 11.8 Å². The Morgan fingerprint density at radius 2 is 1.19 bits per heavy atom. The number of likely N-dealkylation sites (tertiary alicyclic amines) is 2. The number of hydrogen-bond acceptors (Lipinski definition) is 10. The van der Waals surface area contributed by atoms with Gasteiger partial charge in [0.25, 0.3) is 6.47 Å². The Morgan fingerprint density at radius 3 is 1.71 bits per heavy atom. The molecule has 0 bridgehead atoms. The predicted octanol–water partition coefficient (Wildman–Crippen LogP) is 7.33. The van der Waals surface area contributed by atoms with Crippen LogP contribution >= 0.6 is 0 Å². The predicted molar refractivity (Wildman–Crippen MR) is 232 cm³/mol. The second-order valence-electron chi connectivity index (χ2n) is 19.2. The van der Waals surface area contributed by atoms with E-state index in [1.807, 2.05) is 57.2 Å². The number of benzene rings is 2. The summed E-state index contributed by atoms with van der Waals surface area (Å²) in [6.45, 7) is 13.8. The summed E-state index contributed by atoms with van der Waals surface area (Å²) >= 11 is 0. The lowest BCUT2D eigenvalue weighted by Crippen LogP contribution is -2.55. The minimum absolute atomic E-state index is 0. The van der Waals surface area contributed by atoms with Crippen molar-refractivity contribution < 1.29 is 47.8 Å². The first-order valence-corrected chi connectivity index (χ1v) is 21.8. The summed E-state index contributed by atoms with van der Waals surface area (Å²) in [7, 11) is 0. The van der Waals surface area contributed by atoms with Gasteiger partial charge in [-0.3, -0.25) is 29.1 Å².